The fraction of sp³-hybridized carbons (Fsp3) is 0.588. The van der Waals surface area contributed by atoms with Crippen LogP contribution in [0, 0.1) is 19.3 Å². The minimum atomic E-state index is -0.0222. The van der Waals surface area contributed by atoms with Crippen molar-refractivity contribution >= 4 is 5.91 Å². The monoisotopic (exact) mass is 291 g/mol. The summed E-state index contributed by atoms with van der Waals surface area (Å²) in [7, 11) is 0. The van der Waals surface area contributed by atoms with E-state index in [2.05, 4.69) is 19.2 Å². The van der Waals surface area contributed by atoms with Crippen LogP contribution in [0.2, 0.25) is 0 Å². The minimum Gasteiger partial charge on any atom is -0.494 e. The molecule has 4 nitrogen and oxygen atoms in total. The Morgan fingerprint density at radius 3 is 2.71 bits per heavy atom. The molecule has 21 heavy (non-hydrogen) atoms. The molecule has 1 aromatic carbocycles. The zero-order chi connectivity index (χ0) is 15.3. The highest BCUT2D eigenvalue weighted by atomic mass is 16.5. The van der Waals surface area contributed by atoms with Crippen LogP contribution in [0.15, 0.2) is 18.2 Å². The van der Waals surface area contributed by atoms with Gasteiger partial charge in [0, 0.05) is 18.4 Å². The molecule has 0 heterocycles. The molecule has 0 aliphatic heterocycles. The quantitative estimate of drug-likeness (QED) is 0.723. The van der Waals surface area contributed by atoms with Crippen LogP contribution in [0.3, 0.4) is 0 Å². The van der Waals surface area contributed by atoms with Gasteiger partial charge in [-0.25, -0.2) is 0 Å². The van der Waals surface area contributed by atoms with Crippen LogP contribution in [0.5, 0.6) is 5.75 Å². The van der Waals surface area contributed by atoms with Gasteiger partial charge in [-0.15, -0.1) is 0 Å². The van der Waals surface area contributed by atoms with Crippen molar-refractivity contribution in [2.24, 2.45) is 5.41 Å². The summed E-state index contributed by atoms with van der Waals surface area (Å²) < 4.78 is 5.65. The summed E-state index contributed by atoms with van der Waals surface area (Å²) in [4.78, 5) is 11.7. The predicted molar refractivity (Wildman–Crippen MR) is 82.4 cm³/mol. The fourth-order valence-electron chi connectivity index (χ4n) is 2.17. The maximum atomic E-state index is 11.7. The van der Waals surface area contributed by atoms with E-state index in [-0.39, 0.29) is 17.9 Å². The first-order chi connectivity index (χ1) is 10.0. The molecule has 116 valence electrons. The summed E-state index contributed by atoms with van der Waals surface area (Å²) in [5, 5.41) is 12.1. The van der Waals surface area contributed by atoms with Crippen molar-refractivity contribution in [2.45, 2.75) is 39.5 Å². The van der Waals surface area contributed by atoms with Gasteiger partial charge in [-0.05, 0) is 56.4 Å². The van der Waals surface area contributed by atoms with Crippen LogP contribution in [0.4, 0.5) is 0 Å². The molecule has 1 fully saturated rings. The van der Waals surface area contributed by atoms with Gasteiger partial charge in [-0.2, -0.15) is 0 Å². The number of carbonyl (C=O) groups is 1. The number of hydrogen-bond acceptors (Lipinski definition) is 3. The third-order valence-corrected chi connectivity index (χ3v) is 4.25. The summed E-state index contributed by atoms with van der Waals surface area (Å²) in [5.74, 6) is 0.897. The number of ether oxygens (including phenoxy) is 1. The smallest absolute Gasteiger partial charge is 0.220 e. The van der Waals surface area contributed by atoms with Crippen LogP contribution in [0.25, 0.3) is 0 Å². The summed E-state index contributed by atoms with van der Waals surface area (Å²) >= 11 is 0. The summed E-state index contributed by atoms with van der Waals surface area (Å²) in [5.41, 5.74) is 2.44. The molecule has 0 aromatic heterocycles. The Hall–Kier alpha value is -1.55. The van der Waals surface area contributed by atoms with Gasteiger partial charge in [0.05, 0.1) is 13.2 Å². The van der Waals surface area contributed by atoms with Gasteiger partial charge in [0.1, 0.15) is 5.75 Å². The molecule has 0 saturated heterocycles. The van der Waals surface area contributed by atoms with Crippen LogP contribution in [-0.4, -0.2) is 30.8 Å². The SMILES string of the molecule is Cc1ccc(OCCCC(=O)NCC2(CO)CC2)cc1C. The minimum absolute atomic E-state index is 0.0222. The molecule has 0 bridgehead atoms. The highest BCUT2D eigenvalue weighted by Gasteiger charge is 2.41. The van der Waals surface area contributed by atoms with Crippen LogP contribution in [0.1, 0.15) is 36.8 Å². The van der Waals surface area contributed by atoms with Gasteiger partial charge in [0.25, 0.3) is 0 Å². The Kier molecular flexibility index (Phi) is 5.23. The molecule has 0 radical (unpaired) electrons. The van der Waals surface area contributed by atoms with E-state index in [0.29, 0.717) is 26.0 Å². The molecule has 0 atom stereocenters. The third kappa shape index (κ3) is 4.74. The normalized spacial score (nSPS) is 15.6. The first-order valence-electron chi connectivity index (χ1n) is 7.62. The molecule has 1 aliphatic rings. The van der Waals surface area contributed by atoms with Gasteiger partial charge in [0.15, 0.2) is 0 Å². The van der Waals surface area contributed by atoms with Crippen molar-refractivity contribution in [1.82, 2.24) is 5.32 Å². The van der Waals surface area contributed by atoms with Gasteiger partial charge in [-0.3, -0.25) is 4.79 Å². The van der Waals surface area contributed by atoms with Gasteiger partial charge >= 0.3 is 0 Å². The number of carbonyl (C=O) groups excluding carboxylic acids is 1. The number of aliphatic hydroxyl groups excluding tert-OH is 1. The van der Waals surface area contributed by atoms with Crippen molar-refractivity contribution in [3.05, 3.63) is 29.3 Å². The Bertz CT molecular complexity index is 495. The molecule has 1 aliphatic carbocycles. The number of aliphatic hydroxyl groups is 1. The molecule has 2 rings (SSSR count). The lowest BCUT2D eigenvalue weighted by Crippen LogP contribution is -2.31. The second kappa shape index (κ2) is 6.94. The molecule has 1 amide bonds. The number of aryl methyl sites for hydroxylation is 2. The lowest BCUT2D eigenvalue weighted by Gasteiger charge is -2.13. The zero-order valence-electron chi connectivity index (χ0n) is 12.9. The largest absolute Gasteiger partial charge is 0.494 e. The summed E-state index contributed by atoms with van der Waals surface area (Å²) in [6.45, 7) is 5.44. The van der Waals surface area contributed by atoms with E-state index in [1.54, 1.807) is 0 Å². The molecule has 2 N–H and O–H groups in total. The molecule has 0 unspecified atom stereocenters. The summed E-state index contributed by atoms with van der Waals surface area (Å²) in [6.07, 6.45) is 3.19. The Balaban J connectivity index is 1.60. The maximum absolute atomic E-state index is 11.7. The number of benzene rings is 1. The number of rotatable bonds is 8. The average molecular weight is 291 g/mol. The maximum Gasteiger partial charge on any atom is 0.220 e. The molecule has 1 aromatic rings. The first kappa shape index (κ1) is 15.8. The second-order valence-electron chi connectivity index (χ2n) is 6.13. The van der Waals surface area contributed by atoms with Crippen molar-refractivity contribution in [3.63, 3.8) is 0 Å². The first-order valence-corrected chi connectivity index (χ1v) is 7.62. The van der Waals surface area contributed by atoms with Crippen molar-refractivity contribution in [3.8, 4) is 5.75 Å². The van der Waals surface area contributed by atoms with E-state index >= 15 is 0 Å². The Labute approximate surface area is 126 Å². The summed E-state index contributed by atoms with van der Waals surface area (Å²) in [6, 6.07) is 6.02. The molecule has 1 saturated carbocycles. The van der Waals surface area contributed by atoms with Gasteiger partial charge in [-0.1, -0.05) is 6.07 Å². The standard InChI is InChI=1S/C17H25NO3/c1-13-5-6-15(10-14(13)2)21-9-3-4-16(20)18-11-17(12-19)7-8-17/h5-6,10,19H,3-4,7-9,11-12H2,1-2H3,(H,18,20). The predicted octanol–water partition coefficient (Wildman–Crippen LogP) is 2.35. The number of nitrogens with one attached hydrogen (secondary N) is 1. The molecular formula is C17H25NO3. The lowest BCUT2D eigenvalue weighted by atomic mass is 10.1. The number of amides is 1. The van der Waals surface area contributed by atoms with E-state index in [0.717, 1.165) is 18.6 Å². The highest BCUT2D eigenvalue weighted by Crippen LogP contribution is 2.44. The van der Waals surface area contributed by atoms with Crippen LogP contribution < -0.4 is 10.1 Å². The Morgan fingerprint density at radius 1 is 1.33 bits per heavy atom. The van der Waals surface area contributed by atoms with E-state index in [1.807, 2.05) is 18.2 Å². The Morgan fingerprint density at radius 2 is 2.10 bits per heavy atom. The van der Waals surface area contributed by atoms with E-state index < -0.39 is 0 Å². The molecule has 4 heteroatoms. The van der Waals surface area contributed by atoms with Crippen LogP contribution in [-0.2, 0) is 4.79 Å². The van der Waals surface area contributed by atoms with Crippen molar-refractivity contribution < 1.29 is 14.6 Å². The van der Waals surface area contributed by atoms with Gasteiger partial charge < -0.3 is 15.2 Å². The molecular weight excluding hydrogens is 266 g/mol. The van der Waals surface area contributed by atoms with E-state index in [1.165, 1.54) is 11.1 Å². The lowest BCUT2D eigenvalue weighted by molar-refractivity contribution is -0.121. The van der Waals surface area contributed by atoms with Crippen molar-refractivity contribution in [2.75, 3.05) is 19.8 Å². The van der Waals surface area contributed by atoms with E-state index in [9.17, 15) is 9.90 Å². The number of hydrogen-bond donors (Lipinski definition) is 2. The topological polar surface area (TPSA) is 58.6 Å². The fourth-order valence-corrected chi connectivity index (χ4v) is 2.17. The zero-order valence-corrected chi connectivity index (χ0v) is 12.9. The average Bonchev–Trinajstić information content (AvgIpc) is 3.26. The van der Waals surface area contributed by atoms with E-state index in [4.69, 9.17) is 4.74 Å². The van der Waals surface area contributed by atoms with Gasteiger partial charge in [0.2, 0.25) is 5.91 Å². The third-order valence-electron chi connectivity index (χ3n) is 4.25. The molecule has 0 spiro atoms. The second-order valence-corrected chi connectivity index (χ2v) is 6.13. The van der Waals surface area contributed by atoms with Crippen molar-refractivity contribution in [1.29, 1.82) is 0 Å². The highest BCUT2D eigenvalue weighted by molar-refractivity contribution is 5.75. The van der Waals surface area contributed by atoms with Crippen LogP contribution >= 0.6 is 0 Å².